The molecule has 0 spiro atoms. The molecule has 28 heavy (non-hydrogen) atoms. The molecule has 0 bridgehead atoms. The number of nitrogens with zero attached hydrogens (tertiary/aromatic N) is 3. The fourth-order valence-corrected chi connectivity index (χ4v) is 4.79. The van der Waals surface area contributed by atoms with E-state index in [0.717, 1.165) is 29.1 Å². The van der Waals surface area contributed by atoms with Crippen molar-refractivity contribution >= 4 is 22.9 Å². The van der Waals surface area contributed by atoms with Gasteiger partial charge in [0.25, 0.3) is 0 Å². The highest BCUT2D eigenvalue weighted by molar-refractivity contribution is 5.99. The van der Waals surface area contributed by atoms with Gasteiger partial charge in [-0.15, -0.1) is 0 Å². The number of methoxy groups -OCH3 is 1. The van der Waals surface area contributed by atoms with Gasteiger partial charge in [0.2, 0.25) is 0 Å². The van der Waals surface area contributed by atoms with E-state index in [9.17, 15) is 4.79 Å². The van der Waals surface area contributed by atoms with Crippen LogP contribution in [0.15, 0.2) is 36.7 Å². The standard InChI is InChI=1S/C23H23N3O2/c1-28-23(27)16-9-10-17-19(14-16)26-13-5-8-18-21(25-12-11-24-18)22(26)20(17)15-6-3-2-4-7-15/h5,8-12,14-15H,2-4,6-7,13H2,1H3. The van der Waals surface area contributed by atoms with Crippen molar-refractivity contribution in [2.24, 2.45) is 0 Å². The van der Waals surface area contributed by atoms with E-state index in [-0.39, 0.29) is 5.97 Å². The van der Waals surface area contributed by atoms with Crippen LogP contribution in [0.4, 0.5) is 0 Å². The highest BCUT2D eigenvalue weighted by Gasteiger charge is 2.29. The Kier molecular flexibility index (Phi) is 4.23. The Balaban J connectivity index is 1.83. The van der Waals surface area contributed by atoms with Gasteiger partial charge in [-0.1, -0.05) is 31.4 Å². The molecule has 142 valence electrons. The molecule has 3 heterocycles. The summed E-state index contributed by atoms with van der Waals surface area (Å²) in [6.45, 7) is 0.737. The molecule has 1 aliphatic heterocycles. The first-order valence-corrected chi connectivity index (χ1v) is 10.0. The predicted molar refractivity (Wildman–Crippen MR) is 109 cm³/mol. The van der Waals surface area contributed by atoms with Crippen molar-refractivity contribution in [1.82, 2.24) is 14.5 Å². The van der Waals surface area contributed by atoms with Gasteiger partial charge in [0, 0.05) is 29.8 Å². The lowest BCUT2D eigenvalue weighted by atomic mass is 9.82. The molecule has 5 heteroatoms. The summed E-state index contributed by atoms with van der Waals surface area (Å²) in [6, 6.07) is 5.94. The van der Waals surface area contributed by atoms with E-state index in [0.29, 0.717) is 11.5 Å². The number of benzene rings is 1. The molecule has 1 saturated carbocycles. The lowest BCUT2D eigenvalue weighted by Gasteiger charge is -2.23. The molecule has 2 aliphatic rings. The van der Waals surface area contributed by atoms with E-state index < -0.39 is 0 Å². The second kappa shape index (κ2) is 6.89. The van der Waals surface area contributed by atoms with Crippen LogP contribution in [-0.2, 0) is 11.3 Å². The van der Waals surface area contributed by atoms with Gasteiger partial charge < -0.3 is 9.30 Å². The fourth-order valence-electron chi connectivity index (χ4n) is 4.79. The molecule has 0 atom stereocenters. The molecular formula is C23H23N3O2. The van der Waals surface area contributed by atoms with Gasteiger partial charge in [0.05, 0.1) is 24.1 Å². The second-order valence-electron chi connectivity index (χ2n) is 7.62. The van der Waals surface area contributed by atoms with Crippen LogP contribution in [0.1, 0.15) is 59.6 Å². The normalized spacial score (nSPS) is 16.5. The minimum absolute atomic E-state index is 0.305. The molecule has 0 N–H and O–H groups in total. The van der Waals surface area contributed by atoms with Crippen molar-refractivity contribution in [2.75, 3.05) is 7.11 Å². The molecule has 2 aromatic heterocycles. The Hall–Kier alpha value is -2.95. The number of hydrogen-bond acceptors (Lipinski definition) is 4. The molecule has 3 aromatic rings. The monoisotopic (exact) mass is 373 g/mol. The first kappa shape index (κ1) is 17.2. The molecular weight excluding hydrogens is 350 g/mol. The third-order valence-electron chi connectivity index (χ3n) is 6.05. The van der Waals surface area contributed by atoms with Crippen LogP contribution in [-0.4, -0.2) is 27.6 Å². The van der Waals surface area contributed by atoms with E-state index in [2.05, 4.69) is 27.8 Å². The maximum absolute atomic E-state index is 12.1. The number of aromatic nitrogens is 3. The average Bonchev–Trinajstić information content (AvgIpc) is 2.95. The Morgan fingerprint density at radius 1 is 1.14 bits per heavy atom. The third-order valence-corrected chi connectivity index (χ3v) is 6.05. The summed E-state index contributed by atoms with van der Waals surface area (Å²) in [7, 11) is 1.42. The first-order chi connectivity index (χ1) is 13.8. The van der Waals surface area contributed by atoms with Gasteiger partial charge in [-0.2, -0.15) is 0 Å². The molecule has 5 nitrogen and oxygen atoms in total. The summed E-state index contributed by atoms with van der Waals surface area (Å²) in [5.74, 6) is 0.213. The molecule has 1 aliphatic carbocycles. The second-order valence-corrected chi connectivity index (χ2v) is 7.62. The van der Waals surface area contributed by atoms with Crippen molar-refractivity contribution in [3.05, 3.63) is 53.5 Å². The number of esters is 1. The van der Waals surface area contributed by atoms with Gasteiger partial charge in [-0.3, -0.25) is 9.97 Å². The number of carbonyl (C=O) groups excluding carboxylic acids is 1. The van der Waals surface area contributed by atoms with Crippen LogP contribution < -0.4 is 0 Å². The number of carbonyl (C=O) groups is 1. The molecule has 1 fully saturated rings. The summed E-state index contributed by atoms with van der Waals surface area (Å²) in [4.78, 5) is 21.4. The van der Waals surface area contributed by atoms with Crippen molar-refractivity contribution in [3.63, 3.8) is 0 Å². The zero-order valence-corrected chi connectivity index (χ0v) is 16.0. The molecule has 0 saturated heterocycles. The van der Waals surface area contributed by atoms with Gasteiger partial charge >= 0.3 is 5.97 Å². The molecule has 5 rings (SSSR count). The lowest BCUT2D eigenvalue weighted by Crippen LogP contribution is -2.07. The third kappa shape index (κ3) is 2.65. The Labute approximate surface area is 164 Å². The zero-order chi connectivity index (χ0) is 19.1. The van der Waals surface area contributed by atoms with Gasteiger partial charge in [0.15, 0.2) is 0 Å². The maximum Gasteiger partial charge on any atom is 0.337 e. The summed E-state index contributed by atoms with van der Waals surface area (Å²) < 4.78 is 7.24. The summed E-state index contributed by atoms with van der Waals surface area (Å²) >= 11 is 0. The largest absolute Gasteiger partial charge is 0.465 e. The van der Waals surface area contributed by atoms with Crippen LogP contribution in [0, 0.1) is 0 Å². The highest BCUT2D eigenvalue weighted by Crippen LogP contribution is 2.45. The molecule has 0 radical (unpaired) electrons. The summed E-state index contributed by atoms with van der Waals surface area (Å²) in [5.41, 5.74) is 6.04. The Morgan fingerprint density at radius 3 is 2.79 bits per heavy atom. The fraction of sp³-hybridized carbons (Fsp3) is 0.348. The Bertz CT molecular complexity index is 1090. The average molecular weight is 373 g/mol. The van der Waals surface area contributed by atoms with Gasteiger partial charge in [-0.25, -0.2) is 4.79 Å². The topological polar surface area (TPSA) is 57.0 Å². The molecule has 0 unspecified atom stereocenters. The van der Waals surface area contributed by atoms with Crippen LogP contribution >= 0.6 is 0 Å². The van der Waals surface area contributed by atoms with Crippen LogP contribution in [0.5, 0.6) is 0 Å². The lowest BCUT2D eigenvalue weighted by molar-refractivity contribution is 0.0601. The maximum atomic E-state index is 12.1. The van der Waals surface area contributed by atoms with Crippen molar-refractivity contribution in [1.29, 1.82) is 0 Å². The van der Waals surface area contributed by atoms with E-state index >= 15 is 0 Å². The SMILES string of the molecule is COC(=O)c1ccc2c(C3CCCCC3)c3n(c2c1)CC=Cc1nccnc1-3. The van der Waals surface area contributed by atoms with E-state index in [4.69, 9.17) is 9.72 Å². The van der Waals surface area contributed by atoms with Crippen LogP contribution in [0.25, 0.3) is 28.4 Å². The number of allylic oxidation sites excluding steroid dienone is 1. The van der Waals surface area contributed by atoms with Crippen molar-refractivity contribution < 1.29 is 9.53 Å². The van der Waals surface area contributed by atoms with Gasteiger partial charge in [0.1, 0.15) is 5.69 Å². The van der Waals surface area contributed by atoms with Gasteiger partial charge in [-0.05, 0) is 42.5 Å². The van der Waals surface area contributed by atoms with Crippen LogP contribution in [0.2, 0.25) is 0 Å². The van der Waals surface area contributed by atoms with Crippen molar-refractivity contribution in [3.8, 4) is 11.4 Å². The smallest absolute Gasteiger partial charge is 0.337 e. The number of fused-ring (bicyclic) bond motifs is 5. The van der Waals surface area contributed by atoms with E-state index in [1.54, 1.807) is 12.4 Å². The number of hydrogen-bond donors (Lipinski definition) is 0. The molecule has 1 aromatic carbocycles. The zero-order valence-electron chi connectivity index (χ0n) is 16.0. The quantitative estimate of drug-likeness (QED) is 0.596. The van der Waals surface area contributed by atoms with E-state index in [1.807, 2.05) is 12.1 Å². The summed E-state index contributed by atoms with van der Waals surface area (Å²) in [6.07, 6.45) is 13.9. The number of rotatable bonds is 2. The first-order valence-electron chi connectivity index (χ1n) is 10.0. The highest BCUT2D eigenvalue weighted by atomic mass is 16.5. The minimum atomic E-state index is -0.305. The van der Waals surface area contributed by atoms with E-state index in [1.165, 1.54) is 50.2 Å². The number of ether oxygens (including phenoxy) is 1. The van der Waals surface area contributed by atoms with Crippen molar-refractivity contribution in [2.45, 2.75) is 44.6 Å². The minimum Gasteiger partial charge on any atom is -0.465 e. The van der Waals surface area contributed by atoms with Crippen LogP contribution in [0.3, 0.4) is 0 Å². The predicted octanol–water partition coefficient (Wildman–Crippen LogP) is 4.96. The molecule has 0 amide bonds. The Morgan fingerprint density at radius 2 is 1.96 bits per heavy atom. The summed E-state index contributed by atoms with van der Waals surface area (Å²) in [5, 5.41) is 1.22.